The Kier molecular flexibility index (Phi) is 2.45. The minimum atomic E-state index is 0.300. The molecule has 0 atom stereocenters. The molecule has 0 spiro atoms. The standard InChI is InChI=1S/C11H8N4O/c1-2-14-11-9-3-7(5-12)8(6-13)4-10(9)16-15-11/h3-4H,2H2,1H3,(H,14,15). The summed E-state index contributed by atoms with van der Waals surface area (Å²) >= 11 is 0. The van der Waals surface area contributed by atoms with Gasteiger partial charge in [0.05, 0.1) is 16.5 Å². The van der Waals surface area contributed by atoms with Gasteiger partial charge in [-0.1, -0.05) is 5.16 Å². The highest BCUT2D eigenvalue weighted by Gasteiger charge is 2.11. The molecule has 0 radical (unpaired) electrons. The molecular weight excluding hydrogens is 204 g/mol. The first-order chi connectivity index (χ1) is 7.80. The molecule has 5 nitrogen and oxygen atoms in total. The Bertz CT molecular complexity index is 615. The van der Waals surface area contributed by atoms with Gasteiger partial charge in [0.15, 0.2) is 11.4 Å². The number of anilines is 1. The van der Waals surface area contributed by atoms with Crippen molar-refractivity contribution >= 4 is 16.8 Å². The van der Waals surface area contributed by atoms with Crippen LogP contribution < -0.4 is 5.32 Å². The van der Waals surface area contributed by atoms with Crippen molar-refractivity contribution in [2.24, 2.45) is 0 Å². The van der Waals surface area contributed by atoms with E-state index in [-0.39, 0.29) is 0 Å². The van der Waals surface area contributed by atoms with Crippen molar-refractivity contribution in [2.75, 3.05) is 11.9 Å². The molecule has 0 aliphatic rings. The van der Waals surface area contributed by atoms with E-state index in [1.165, 1.54) is 6.07 Å². The summed E-state index contributed by atoms with van der Waals surface area (Å²) in [6.07, 6.45) is 0. The van der Waals surface area contributed by atoms with E-state index in [1.54, 1.807) is 6.07 Å². The maximum absolute atomic E-state index is 8.89. The molecule has 5 heteroatoms. The van der Waals surface area contributed by atoms with E-state index < -0.39 is 0 Å². The summed E-state index contributed by atoms with van der Waals surface area (Å²) in [5.74, 6) is 0.596. The molecule has 0 aliphatic carbocycles. The fourth-order valence-electron chi connectivity index (χ4n) is 1.46. The molecule has 78 valence electrons. The largest absolute Gasteiger partial charge is 0.367 e. The van der Waals surface area contributed by atoms with E-state index >= 15 is 0 Å². The minimum Gasteiger partial charge on any atom is -0.367 e. The average Bonchev–Trinajstić information content (AvgIpc) is 2.70. The molecule has 1 heterocycles. The van der Waals surface area contributed by atoms with E-state index in [2.05, 4.69) is 10.5 Å². The molecule has 0 bridgehead atoms. The minimum absolute atomic E-state index is 0.300. The SMILES string of the molecule is CCNc1noc2cc(C#N)c(C#N)cc12. The monoisotopic (exact) mass is 212 g/mol. The van der Waals surface area contributed by atoms with Crippen LogP contribution in [0, 0.1) is 22.7 Å². The predicted molar refractivity (Wildman–Crippen MR) is 57.6 cm³/mol. The van der Waals surface area contributed by atoms with Crippen molar-refractivity contribution in [2.45, 2.75) is 6.92 Å². The van der Waals surface area contributed by atoms with Crippen LogP contribution in [-0.4, -0.2) is 11.7 Å². The zero-order chi connectivity index (χ0) is 11.5. The van der Waals surface area contributed by atoms with Crippen LogP contribution in [0.4, 0.5) is 5.82 Å². The van der Waals surface area contributed by atoms with E-state index in [0.717, 1.165) is 5.39 Å². The molecule has 2 rings (SSSR count). The second-order valence-electron chi connectivity index (χ2n) is 3.18. The van der Waals surface area contributed by atoms with Crippen LogP contribution in [0.25, 0.3) is 11.0 Å². The van der Waals surface area contributed by atoms with Gasteiger partial charge in [0, 0.05) is 12.6 Å². The van der Waals surface area contributed by atoms with Gasteiger partial charge in [-0.05, 0) is 13.0 Å². The number of aromatic nitrogens is 1. The van der Waals surface area contributed by atoms with Crippen LogP contribution >= 0.6 is 0 Å². The first-order valence-electron chi connectivity index (χ1n) is 4.77. The maximum atomic E-state index is 8.89. The Balaban J connectivity index is 2.69. The first-order valence-corrected chi connectivity index (χ1v) is 4.77. The van der Waals surface area contributed by atoms with Crippen molar-refractivity contribution in [1.82, 2.24) is 5.16 Å². The predicted octanol–water partition coefficient (Wildman–Crippen LogP) is 2.00. The summed E-state index contributed by atoms with van der Waals surface area (Å²) in [5.41, 5.74) is 1.14. The smallest absolute Gasteiger partial charge is 0.177 e. The quantitative estimate of drug-likeness (QED) is 0.822. The topological polar surface area (TPSA) is 85.6 Å². The first kappa shape index (κ1) is 10.0. The van der Waals surface area contributed by atoms with Crippen LogP contribution in [0.1, 0.15) is 18.1 Å². The highest BCUT2D eigenvalue weighted by Crippen LogP contribution is 2.25. The molecule has 0 saturated heterocycles. The molecule has 1 N–H and O–H groups in total. The Morgan fingerprint density at radius 3 is 2.62 bits per heavy atom. The molecule has 1 aromatic heterocycles. The normalized spacial score (nSPS) is 9.69. The number of rotatable bonds is 2. The molecule has 16 heavy (non-hydrogen) atoms. The van der Waals surface area contributed by atoms with Crippen LogP contribution in [0.15, 0.2) is 16.7 Å². The van der Waals surface area contributed by atoms with Crippen LogP contribution in [-0.2, 0) is 0 Å². The Hall–Kier alpha value is -2.53. The molecule has 1 aromatic carbocycles. The number of nitrogens with one attached hydrogen (secondary N) is 1. The Labute approximate surface area is 91.9 Å². The zero-order valence-corrected chi connectivity index (χ0v) is 8.61. The third kappa shape index (κ3) is 1.45. The van der Waals surface area contributed by atoms with Gasteiger partial charge in [-0.25, -0.2) is 0 Å². The van der Waals surface area contributed by atoms with Gasteiger partial charge < -0.3 is 9.84 Å². The zero-order valence-electron chi connectivity index (χ0n) is 8.61. The lowest BCUT2D eigenvalue weighted by Crippen LogP contribution is -1.96. The van der Waals surface area contributed by atoms with Crippen molar-refractivity contribution in [3.05, 3.63) is 23.3 Å². The van der Waals surface area contributed by atoms with Gasteiger partial charge in [-0.2, -0.15) is 10.5 Å². The number of hydrogen-bond acceptors (Lipinski definition) is 5. The van der Waals surface area contributed by atoms with E-state index in [0.29, 0.717) is 29.1 Å². The number of hydrogen-bond donors (Lipinski definition) is 1. The second-order valence-corrected chi connectivity index (χ2v) is 3.18. The van der Waals surface area contributed by atoms with Crippen molar-refractivity contribution < 1.29 is 4.52 Å². The third-order valence-electron chi connectivity index (χ3n) is 2.20. The van der Waals surface area contributed by atoms with Crippen molar-refractivity contribution in [3.63, 3.8) is 0 Å². The number of benzene rings is 1. The summed E-state index contributed by atoms with van der Waals surface area (Å²) in [6.45, 7) is 2.65. The Morgan fingerprint density at radius 1 is 1.31 bits per heavy atom. The molecule has 0 fully saturated rings. The number of nitriles is 2. The fourth-order valence-corrected chi connectivity index (χ4v) is 1.46. The molecule has 0 saturated carbocycles. The average molecular weight is 212 g/mol. The van der Waals surface area contributed by atoms with Crippen LogP contribution in [0.2, 0.25) is 0 Å². The highest BCUT2D eigenvalue weighted by atomic mass is 16.5. The Morgan fingerprint density at radius 2 is 2.00 bits per heavy atom. The fraction of sp³-hybridized carbons (Fsp3) is 0.182. The lowest BCUT2D eigenvalue weighted by molar-refractivity contribution is 0.459. The third-order valence-corrected chi connectivity index (χ3v) is 2.20. The summed E-state index contributed by atoms with van der Waals surface area (Å²) in [4.78, 5) is 0. The highest BCUT2D eigenvalue weighted by molar-refractivity contribution is 5.90. The van der Waals surface area contributed by atoms with Crippen molar-refractivity contribution in [1.29, 1.82) is 10.5 Å². The van der Waals surface area contributed by atoms with Gasteiger partial charge in [0.2, 0.25) is 0 Å². The lowest BCUT2D eigenvalue weighted by Gasteiger charge is -1.97. The van der Waals surface area contributed by atoms with Gasteiger partial charge in [0.1, 0.15) is 12.1 Å². The molecule has 0 unspecified atom stereocenters. The van der Waals surface area contributed by atoms with Crippen LogP contribution in [0.3, 0.4) is 0 Å². The van der Waals surface area contributed by atoms with Gasteiger partial charge in [0.25, 0.3) is 0 Å². The number of fused-ring (bicyclic) bond motifs is 1. The van der Waals surface area contributed by atoms with Gasteiger partial charge >= 0.3 is 0 Å². The summed E-state index contributed by atoms with van der Waals surface area (Å²) in [6, 6.07) is 7.07. The molecule has 0 amide bonds. The summed E-state index contributed by atoms with van der Waals surface area (Å²) < 4.78 is 5.07. The van der Waals surface area contributed by atoms with E-state index in [1.807, 2.05) is 19.1 Å². The molecule has 2 aromatic rings. The van der Waals surface area contributed by atoms with Crippen LogP contribution in [0.5, 0.6) is 0 Å². The van der Waals surface area contributed by atoms with Gasteiger partial charge in [-0.15, -0.1) is 0 Å². The van der Waals surface area contributed by atoms with Gasteiger partial charge in [-0.3, -0.25) is 0 Å². The van der Waals surface area contributed by atoms with E-state index in [9.17, 15) is 0 Å². The lowest BCUT2D eigenvalue weighted by atomic mass is 10.1. The van der Waals surface area contributed by atoms with E-state index in [4.69, 9.17) is 15.0 Å². The number of nitrogens with zero attached hydrogens (tertiary/aromatic N) is 3. The maximum Gasteiger partial charge on any atom is 0.177 e. The second kappa shape index (κ2) is 3.92. The van der Waals surface area contributed by atoms with Crippen molar-refractivity contribution in [3.8, 4) is 12.1 Å². The molecule has 0 aliphatic heterocycles. The summed E-state index contributed by atoms with van der Waals surface area (Å²) in [7, 11) is 0. The summed E-state index contributed by atoms with van der Waals surface area (Å²) in [5, 5.41) is 25.3. The molecular formula is C11H8N4O.